The van der Waals surface area contributed by atoms with Crippen molar-refractivity contribution in [1.82, 2.24) is 10.3 Å². The monoisotopic (exact) mass is 396 g/mol. The minimum absolute atomic E-state index is 0.0164. The fourth-order valence-electron chi connectivity index (χ4n) is 2.89. The number of H-pyrrole nitrogens is 1. The maximum atomic E-state index is 12.6. The molecule has 2 heterocycles. The Morgan fingerprint density at radius 1 is 1.10 bits per heavy atom. The molecule has 0 saturated heterocycles. The zero-order valence-electron chi connectivity index (χ0n) is 16.8. The van der Waals surface area contributed by atoms with Gasteiger partial charge in [-0.25, -0.2) is 0 Å². The van der Waals surface area contributed by atoms with E-state index in [9.17, 15) is 9.59 Å². The van der Waals surface area contributed by atoms with Gasteiger partial charge in [-0.05, 0) is 62.7 Å². The first-order chi connectivity index (χ1) is 13.9. The van der Waals surface area contributed by atoms with Gasteiger partial charge in [-0.3, -0.25) is 9.59 Å². The van der Waals surface area contributed by atoms with Crippen molar-refractivity contribution in [2.24, 2.45) is 0 Å². The van der Waals surface area contributed by atoms with Crippen LogP contribution in [-0.4, -0.2) is 24.1 Å². The van der Waals surface area contributed by atoms with Gasteiger partial charge in [0, 0.05) is 0 Å². The van der Waals surface area contributed by atoms with Crippen molar-refractivity contribution < 1.29 is 18.7 Å². The van der Waals surface area contributed by atoms with Crippen molar-refractivity contribution in [3.63, 3.8) is 0 Å². The third-order valence-electron chi connectivity index (χ3n) is 4.34. The van der Waals surface area contributed by atoms with Gasteiger partial charge < -0.3 is 24.2 Å². The van der Waals surface area contributed by atoms with Crippen molar-refractivity contribution in [2.45, 2.75) is 32.9 Å². The van der Waals surface area contributed by atoms with Gasteiger partial charge in [-0.1, -0.05) is 6.07 Å². The number of amides is 1. The van der Waals surface area contributed by atoms with E-state index in [2.05, 4.69) is 10.3 Å². The molecule has 0 fully saturated rings. The van der Waals surface area contributed by atoms with Crippen LogP contribution in [0.1, 0.15) is 42.7 Å². The highest BCUT2D eigenvalue weighted by Gasteiger charge is 2.17. The Hall–Kier alpha value is -3.48. The van der Waals surface area contributed by atoms with E-state index >= 15 is 0 Å². The summed E-state index contributed by atoms with van der Waals surface area (Å²) in [7, 11) is 1.57. The molecule has 7 heteroatoms. The number of hydrogen-bond acceptors (Lipinski definition) is 5. The molecule has 1 aromatic carbocycles. The fraction of sp³-hybridized carbons (Fsp3) is 0.273. The molecule has 0 aliphatic rings. The van der Waals surface area contributed by atoms with Gasteiger partial charge in [0.05, 0.1) is 31.2 Å². The molecule has 0 spiro atoms. The van der Waals surface area contributed by atoms with E-state index in [-0.39, 0.29) is 17.7 Å². The Balaban J connectivity index is 1.76. The number of methoxy groups -OCH3 is 1. The molecule has 1 unspecified atom stereocenters. The molecule has 0 saturated carbocycles. The summed E-state index contributed by atoms with van der Waals surface area (Å²) in [5.41, 5.74) is 0.880. The van der Waals surface area contributed by atoms with Gasteiger partial charge in [0.2, 0.25) is 0 Å². The van der Waals surface area contributed by atoms with Gasteiger partial charge >= 0.3 is 0 Å². The summed E-state index contributed by atoms with van der Waals surface area (Å²) in [6.07, 6.45) is 1.53. The number of carbonyl (C=O) groups is 1. The maximum Gasteiger partial charge on any atom is 0.261 e. The van der Waals surface area contributed by atoms with E-state index in [0.29, 0.717) is 23.0 Å². The molecule has 0 aliphatic carbocycles. The molecular formula is C22H24N2O5. The minimum Gasteiger partial charge on any atom is -0.493 e. The molecule has 3 aromatic rings. The van der Waals surface area contributed by atoms with Crippen LogP contribution in [0.4, 0.5) is 0 Å². The number of pyridine rings is 1. The van der Waals surface area contributed by atoms with Gasteiger partial charge in [-0.15, -0.1) is 0 Å². The van der Waals surface area contributed by atoms with Crippen LogP contribution in [0.2, 0.25) is 0 Å². The lowest BCUT2D eigenvalue weighted by Crippen LogP contribution is -2.31. The third-order valence-corrected chi connectivity index (χ3v) is 4.34. The van der Waals surface area contributed by atoms with Crippen LogP contribution in [0.15, 0.2) is 57.9 Å². The van der Waals surface area contributed by atoms with Crippen LogP contribution >= 0.6 is 0 Å². The molecular weight excluding hydrogens is 372 g/mol. The van der Waals surface area contributed by atoms with E-state index in [1.807, 2.05) is 39.0 Å². The highest BCUT2D eigenvalue weighted by molar-refractivity contribution is 5.94. The maximum absolute atomic E-state index is 12.6. The molecule has 3 rings (SSSR count). The zero-order chi connectivity index (χ0) is 21.0. The summed E-state index contributed by atoms with van der Waals surface area (Å²) in [6.45, 7) is 5.71. The minimum atomic E-state index is -0.484. The van der Waals surface area contributed by atoms with Crippen LogP contribution in [0.25, 0.3) is 11.5 Å². The van der Waals surface area contributed by atoms with Crippen molar-refractivity contribution in [1.29, 1.82) is 0 Å². The molecule has 1 amide bonds. The lowest BCUT2D eigenvalue weighted by atomic mass is 10.1. The van der Waals surface area contributed by atoms with Crippen LogP contribution in [0.5, 0.6) is 11.5 Å². The number of rotatable bonds is 7. The predicted octanol–water partition coefficient (Wildman–Crippen LogP) is 3.92. The molecule has 0 aliphatic heterocycles. The first kappa shape index (κ1) is 20.3. The van der Waals surface area contributed by atoms with Gasteiger partial charge in [0.1, 0.15) is 11.3 Å². The molecule has 1 atom stereocenters. The number of benzene rings is 1. The fourth-order valence-corrected chi connectivity index (χ4v) is 2.89. The number of furan rings is 1. The largest absolute Gasteiger partial charge is 0.493 e. The first-order valence-corrected chi connectivity index (χ1v) is 9.31. The molecule has 152 valence electrons. The van der Waals surface area contributed by atoms with Crippen molar-refractivity contribution in [2.75, 3.05) is 7.11 Å². The Kier molecular flexibility index (Phi) is 6.07. The van der Waals surface area contributed by atoms with E-state index in [4.69, 9.17) is 13.9 Å². The Bertz CT molecular complexity index is 1040. The Labute approximate surface area is 168 Å². The normalized spacial score (nSPS) is 11.9. The van der Waals surface area contributed by atoms with Crippen molar-refractivity contribution >= 4 is 5.91 Å². The van der Waals surface area contributed by atoms with Gasteiger partial charge in [0.15, 0.2) is 11.5 Å². The SMILES string of the molecule is COc1cc(C(C)NC(=O)c2ccc(-c3ccco3)[nH]c2=O)ccc1OC(C)C. The number of nitrogens with one attached hydrogen (secondary N) is 2. The predicted molar refractivity (Wildman–Crippen MR) is 109 cm³/mol. The summed E-state index contributed by atoms with van der Waals surface area (Å²) < 4.78 is 16.4. The smallest absolute Gasteiger partial charge is 0.261 e. The first-order valence-electron chi connectivity index (χ1n) is 9.31. The molecule has 29 heavy (non-hydrogen) atoms. The zero-order valence-corrected chi connectivity index (χ0v) is 16.8. The van der Waals surface area contributed by atoms with Crippen LogP contribution < -0.4 is 20.3 Å². The molecule has 7 nitrogen and oxygen atoms in total. The summed E-state index contributed by atoms with van der Waals surface area (Å²) in [6, 6.07) is 11.7. The molecule has 2 N–H and O–H groups in total. The van der Waals surface area contributed by atoms with Crippen molar-refractivity contribution in [3.8, 4) is 23.0 Å². The van der Waals surface area contributed by atoms with Gasteiger partial charge in [-0.2, -0.15) is 0 Å². The molecule has 0 radical (unpaired) electrons. The van der Waals surface area contributed by atoms with Crippen LogP contribution in [-0.2, 0) is 0 Å². The highest BCUT2D eigenvalue weighted by Crippen LogP contribution is 2.31. The summed E-state index contributed by atoms with van der Waals surface area (Å²) in [5, 5.41) is 2.84. The number of hydrogen-bond donors (Lipinski definition) is 2. The second-order valence-corrected chi connectivity index (χ2v) is 6.86. The quantitative estimate of drug-likeness (QED) is 0.631. The summed E-state index contributed by atoms with van der Waals surface area (Å²) in [4.78, 5) is 27.6. The van der Waals surface area contributed by atoms with E-state index in [1.165, 1.54) is 12.3 Å². The number of aromatic amines is 1. The van der Waals surface area contributed by atoms with Crippen LogP contribution in [0.3, 0.4) is 0 Å². The van der Waals surface area contributed by atoms with Crippen LogP contribution in [0, 0.1) is 0 Å². The number of aromatic nitrogens is 1. The average molecular weight is 396 g/mol. The second kappa shape index (κ2) is 8.68. The average Bonchev–Trinajstić information content (AvgIpc) is 3.22. The number of ether oxygens (including phenoxy) is 2. The van der Waals surface area contributed by atoms with Gasteiger partial charge in [0.25, 0.3) is 11.5 Å². The summed E-state index contributed by atoms with van der Waals surface area (Å²) >= 11 is 0. The Morgan fingerprint density at radius 2 is 1.90 bits per heavy atom. The van der Waals surface area contributed by atoms with Crippen molar-refractivity contribution in [3.05, 3.63) is 70.2 Å². The molecule has 2 aromatic heterocycles. The Morgan fingerprint density at radius 3 is 2.52 bits per heavy atom. The summed E-state index contributed by atoms with van der Waals surface area (Å²) in [5.74, 6) is 1.28. The lowest BCUT2D eigenvalue weighted by molar-refractivity contribution is 0.0938. The molecule has 0 bridgehead atoms. The van der Waals surface area contributed by atoms with E-state index < -0.39 is 11.5 Å². The topological polar surface area (TPSA) is 93.6 Å². The van der Waals surface area contributed by atoms with E-state index in [1.54, 1.807) is 25.3 Å². The lowest BCUT2D eigenvalue weighted by Gasteiger charge is -2.18. The second-order valence-electron chi connectivity index (χ2n) is 6.86. The standard InChI is InChI=1S/C22H24N2O5/c1-13(2)29-19-10-7-15(12-20(19)27-4)14(3)23-21(25)16-8-9-17(24-22(16)26)18-6-5-11-28-18/h5-14H,1-4H3,(H,23,25)(H,24,26). The third kappa shape index (κ3) is 4.68. The van der Waals surface area contributed by atoms with E-state index in [0.717, 1.165) is 5.56 Å². The number of carbonyl (C=O) groups excluding carboxylic acids is 1. The highest BCUT2D eigenvalue weighted by atomic mass is 16.5.